The third-order valence-corrected chi connectivity index (χ3v) is 2.49. The van der Waals surface area contributed by atoms with Gasteiger partial charge in [0.2, 0.25) is 0 Å². The highest BCUT2D eigenvalue weighted by atomic mass is 16.3. The summed E-state index contributed by atoms with van der Waals surface area (Å²) in [5, 5.41) is 9.72. The summed E-state index contributed by atoms with van der Waals surface area (Å²) in [4.78, 5) is 12.0. The van der Waals surface area contributed by atoms with E-state index in [1.807, 2.05) is 0 Å². The first-order valence-corrected chi connectivity index (χ1v) is 4.93. The van der Waals surface area contributed by atoms with Crippen LogP contribution in [0.4, 0.5) is 0 Å². The summed E-state index contributed by atoms with van der Waals surface area (Å²) in [5.74, 6) is 0.575. The van der Waals surface area contributed by atoms with Crippen molar-refractivity contribution in [1.82, 2.24) is 0 Å². The number of hydrogen-bond acceptors (Lipinski definition) is 3. The Kier molecular flexibility index (Phi) is 2.31. The fourth-order valence-electron chi connectivity index (χ4n) is 1.68. The second-order valence-electron chi connectivity index (χ2n) is 3.85. The Morgan fingerprint density at radius 2 is 2.12 bits per heavy atom. The fraction of sp³-hybridized carbons (Fsp3) is 0.154. The maximum atomic E-state index is 12.0. The van der Waals surface area contributed by atoms with Crippen molar-refractivity contribution in [2.24, 2.45) is 0 Å². The van der Waals surface area contributed by atoms with Crippen molar-refractivity contribution >= 4 is 16.5 Å². The predicted octanol–water partition coefficient (Wildman–Crippen LogP) is 2.84. The zero-order valence-electron chi connectivity index (χ0n) is 9.20. The van der Waals surface area contributed by atoms with Crippen LogP contribution >= 0.6 is 0 Å². The smallest absolute Gasteiger partial charge is 0.196 e. The van der Waals surface area contributed by atoms with Crippen LogP contribution in [0.2, 0.25) is 0 Å². The molecule has 1 aromatic heterocycles. The Hall–Kier alpha value is -2.03. The molecule has 0 bridgehead atoms. The van der Waals surface area contributed by atoms with Crippen LogP contribution in [0.1, 0.15) is 18.2 Å². The summed E-state index contributed by atoms with van der Waals surface area (Å²) >= 11 is 0. The van der Waals surface area contributed by atoms with Gasteiger partial charge in [0.05, 0.1) is 5.39 Å². The summed E-state index contributed by atoms with van der Waals surface area (Å²) in [6.07, 6.45) is 0. The Morgan fingerprint density at radius 3 is 2.75 bits per heavy atom. The molecular formula is C13H12O3. The van der Waals surface area contributed by atoms with Gasteiger partial charge in [0.15, 0.2) is 5.43 Å². The molecule has 0 unspecified atom stereocenters. The standard InChI is InChI=1S/C13H12O3/c1-7(2)13-8(3)12(15)10-6-9(14)4-5-11(10)16-13/h4-6,14H,1H2,2-3H3. The number of rotatable bonds is 1. The lowest BCUT2D eigenvalue weighted by molar-refractivity contribution is 0.475. The first-order chi connectivity index (χ1) is 7.50. The molecule has 0 amide bonds. The van der Waals surface area contributed by atoms with Crippen LogP contribution in [-0.2, 0) is 0 Å². The molecule has 1 aromatic carbocycles. The maximum absolute atomic E-state index is 12.0. The highest BCUT2D eigenvalue weighted by Gasteiger charge is 2.11. The predicted molar refractivity (Wildman–Crippen MR) is 63.6 cm³/mol. The number of allylic oxidation sites excluding steroid dienone is 1. The molecule has 0 radical (unpaired) electrons. The number of aromatic hydroxyl groups is 1. The number of phenols is 1. The summed E-state index contributed by atoms with van der Waals surface area (Å²) in [6.45, 7) is 7.25. The van der Waals surface area contributed by atoms with E-state index >= 15 is 0 Å². The van der Waals surface area contributed by atoms with E-state index in [4.69, 9.17) is 4.42 Å². The van der Waals surface area contributed by atoms with E-state index in [0.29, 0.717) is 27.9 Å². The molecule has 0 atom stereocenters. The quantitative estimate of drug-likeness (QED) is 0.797. The van der Waals surface area contributed by atoms with Crippen molar-refractivity contribution in [3.63, 3.8) is 0 Å². The van der Waals surface area contributed by atoms with E-state index < -0.39 is 0 Å². The normalized spacial score (nSPS) is 10.6. The average molecular weight is 216 g/mol. The van der Waals surface area contributed by atoms with Crippen LogP contribution in [0.25, 0.3) is 16.5 Å². The molecule has 1 heterocycles. The van der Waals surface area contributed by atoms with Crippen LogP contribution in [0.5, 0.6) is 5.75 Å². The maximum Gasteiger partial charge on any atom is 0.196 e. The molecule has 0 spiro atoms. The second kappa shape index (κ2) is 3.52. The van der Waals surface area contributed by atoms with Gasteiger partial charge in [-0.1, -0.05) is 6.58 Å². The highest BCUT2D eigenvalue weighted by molar-refractivity contribution is 5.80. The average Bonchev–Trinajstić information content (AvgIpc) is 2.23. The van der Waals surface area contributed by atoms with E-state index in [2.05, 4.69) is 6.58 Å². The van der Waals surface area contributed by atoms with Crippen molar-refractivity contribution in [2.75, 3.05) is 0 Å². The second-order valence-corrected chi connectivity index (χ2v) is 3.85. The Bertz CT molecular complexity index is 635. The van der Waals surface area contributed by atoms with Crippen LogP contribution in [0.3, 0.4) is 0 Å². The highest BCUT2D eigenvalue weighted by Crippen LogP contribution is 2.22. The van der Waals surface area contributed by atoms with Gasteiger partial charge >= 0.3 is 0 Å². The zero-order valence-corrected chi connectivity index (χ0v) is 9.20. The van der Waals surface area contributed by atoms with Crippen molar-refractivity contribution in [1.29, 1.82) is 0 Å². The molecule has 0 aliphatic carbocycles. The Morgan fingerprint density at radius 1 is 1.44 bits per heavy atom. The molecule has 0 fully saturated rings. The SMILES string of the molecule is C=C(C)c1oc2ccc(O)cc2c(=O)c1C. The third kappa shape index (κ3) is 1.50. The summed E-state index contributed by atoms with van der Waals surface area (Å²) in [6, 6.07) is 4.48. The lowest BCUT2D eigenvalue weighted by atomic mass is 10.1. The van der Waals surface area contributed by atoms with Crippen LogP contribution < -0.4 is 5.43 Å². The molecule has 0 saturated carbocycles. The minimum absolute atomic E-state index is 0.0577. The van der Waals surface area contributed by atoms with E-state index in [1.165, 1.54) is 12.1 Å². The lowest BCUT2D eigenvalue weighted by Crippen LogP contribution is -2.08. The topological polar surface area (TPSA) is 50.4 Å². The van der Waals surface area contributed by atoms with Crippen molar-refractivity contribution in [3.05, 3.63) is 46.3 Å². The van der Waals surface area contributed by atoms with Crippen molar-refractivity contribution < 1.29 is 9.52 Å². The Balaban J connectivity index is 2.94. The van der Waals surface area contributed by atoms with Gasteiger partial charge in [-0.2, -0.15) is 0 Å². The van der Waals surface area contributed by atoms with Gasteiger partial charge in [-0.05, 0) is 37.6 Å². The zero-order chi connectivity index (χ0) is 11.9. The van der Waals surface area contributed by atoms with Gasteiger partial charge in [0.25, 0.3) is 0 Å². The molecule has 0 aliphatic heterocycles. The van der Waals surface area contributed by atoms with E-state index in [1.54, 1.807) is 19.9 Å². The molecule has 1 N–H and O–H groups in total. The first-order valence-electron chi connectivity index (χ1n) is 4.93. The van der Waals surface area contributed by atoms with Gasteiger partial charge in [0.1, 0.15) is 17.1 Å². The van der Waals surface area contributed by atoms with Crippen LogP contribution in [-0.4, -0.2) is 5.11 Å². The summed E-state index contributed by atoms with van der Waals surface area (Å²) in [5.41, 5.74) is 1.57. The molecule has 0 saturated heterocycles. The Labute approximate surface area is 92.6 Å². The van der Waals surface area contributed by atoms with E-state index in [0.717, 1.165) is 0 Å². The minimum atomic E-state index is -0.129. The first kappa shape index (κ1) is 10.5. The van der Waals surface area contributed by atoms with E-state index in [-0.39, 0.29) is 11.2 Å². The monoisotopic (exact) mass is 216 g/mol. The molecule has 16 heavy (non-hydrogen) atoms. The third-order valence-electron chi connectivity index (χ3n) is 2.49. The van der Waals surface area contributed by atoms with Crippen molar-refractivity contribution in [2.45, 2.75) is 13.8 Å². The van der Waals surface area contributed by atoms with Crippen LogP contribution in [0.15, 0.2) is 34.0 Å². The molecule has 2 rings (SSSR count). The largest absolute Gasteiger partial charge is 0.508 e. The number of benzene rings is 1. The lowest BCUT2D eigenvalue weighted by Gasteiger charge is -2.06. The van der Waals surface area contributed by atoms with Crippen molar-refractivity contribution in [3.8, 4) is 5.75 Å². The van der Waals surface area contributed by atoms with Gasteiger partial charge in [-0.3, -0.25) is 4.79 Å². The summed E-state index contributed by atoms with van der Waals surface area (Å²) < 4.78 is 5.58. The summed E-state index contributed by atoms with van der Waals surface area (Å²) in [7, 11) is 0. The van der Waals surface area contributed by atoms with Gasteiger partial charge in [-0.25, -0.2) is 0 Å². The molecular weight excluding hydrogens is 204 g/mol. The molecule has 3 nitrogen and oxygen atoms in total. The van der Waals surface area contributed by atoms with Gasteiger partial charge in [0, 0.05) is 5.56 Å². The number of hydrogen-bond donors (Lipinski definition) is 1. The molecule has 0 aliphatic rings. The van der Waals surface area contributed by atoms with Gasteiger partial charge < -0.3 is 9.52 Å². The minimum Gasteiger partial charge on any atom is -0.508 e. The van der Waals surface area contributed by atoms with E-state index in [9.17, 15) is 9.90 Å². The molecule has 3 heteroatoms. The fourth-order valence-corrected chi connectivity index (χ4v) is 1.68. The molecule has 2 aromatic rings. The number of phenolic OH excluding ortho intramolecular Hbond substituents is 1. The number of fused-ring (bicyclic) bond motifs is 1. The van der Waals surface area contributed by atoms with Gasteiger partial charge in [-0.15, -0.1) is 0 Å². The van der Waals surface area contributed by atoms with Crippen LogP contribution in [0, 0.1) is 6.92 Å². The molecule has 82 valence electrons.